The van der Waals surface area contributed by atoms with Gasteiger partial charge in [-0.3, -0.25) is 4.79 Å². The predicted molar refractivity (Wildman–Crippen MR) is 72.7 cm³/mol. The molecular weight excluding hydrogens is 276 g/mol. The molecule has 0 aromatic heterocycles. The monoisotopic (exact) mass is 288 g/mol. The topological polar surface area (TPSA) is 104 Å². The molecule has 6 nitrogen and oxygen atoms in total. The first kappa shape index (κ1) is 14.4. The molecule has 2 aromatic rings. The fourth-order valence-corrected chi connectivity index (χ4v) is 1.78. The molecule has 0 atom stereocenters. The van der Waals surface area contributed by atoms with E-state index >= 15 is 0 Å². The molecule has 2 rings (SSSR count). The number of carbonyl (C=O) groups is 2. The second-order valence-corrected chi connectivity index (χ2v) is 4.26. The van der Waals surface area contributed by atoms with E-state index in [-0.39, 0.29) is 11.1 Å². The van der Waals surface area contributed by atoms with Gasteiger partial charge < -0.3 is 20.1 Å². The third-order valence-electron chi connectivity index (χ3n) is 2.90. The average molecular weight is 288 g/mol. The normalized spacial score (nSPS) is 10.1. The molecule has 0 saturated carbocycles. The summed E-state index contributed by atoms with van der Waals surface area (Å²) < 4.78 is 4.55. The van der Waals surface area contributed by atoms with E-state index in [1.807, 2.05) is 0 Å². The van der Waals surface area contributed by atoms with Gasteiger partial charge in [-0.05, 0) is 24.3 Å². The summed E-state index contributed by atoms with van der Waals surface area (Å²) in [4.78, 5) is 23.5. The molecule has 0 spiro atoms. The number of rotatable bonds is 3. The number of phenols is 3. The van der Waals surface area contributed by atoms with Gasteiger partial charge >= 0.3 is 5.97 Å². The Labute approximate surface area is 119 Å². The molecule has 0 aliphatic carbocycles. The molecule has 21 heavy (non-hydrogen) atoms. The number of ether oxygens (including phenoxy) is 1. The molecule has 6 heteroatoms. The average Bonchev–Trinajstić information content (AvgIpc) is 2.50. The zero-order valence-electron chi connectivity index (χ0n) is 11.0. The summed E-state index contributed by atoms with van der Waals surface area (Å²) in [5.74, 6) is -2.87. The van der Waals surface area contributed by atoms with Gasteiger partial charge in [0.2, 0.25) is 0 Å². The molecule has 0 amide bonds. The molecule has 0 unspecified atom stereocenters. The van der Waals surface area contributed by atoms with Crippen molar-refractivity contribution in [2.45, 2.75) is 0 Å². The minimum Gasteiger partial charge on any atom is -0.504 e. The molecule has 0 heterocycles. The fraction of sp³-hybridized carbons (Fsp3) is 0.0667. The highest BCUT2D eigenvalue weighted by molar-refractivity contribution is 6.10. The first-order valence-electron chi connectivity index (χ1n) is 5.92. The summed E-state index contributed by atoms with van der Waals surface area (Å²) in [5, 5.41) is 28.0. The summed E-state index contributed by atoms with van der Waals surface area (Å²) in [5.41, 5.74) is 0.561. The van der Waals surface area contributed by atoms with Gasteiger partial charge in [0.1, 0.15) is 0 Å². The van der Waals surface area contributed by atoms with Crippen molar-refractivity contribution < 1.29 is 29.6 Å². The molecular formula is C15H12O6. The van der Waals surface area contributed by atoms with Gasteiger partial charge in [-0.2, -0.15) is 0 Å². The first-order valence-corrected chi connectivity index (χ1v) is 5.92. The number of hydrogen-bond donors (Lipinski definition) is 3. The SMILES string of the molecule is COC(=O)c1ccc(C(=O)c2cc(O)c(O)c(O)c2)cc1. The van der Waals surface area contributed by atoms with Crippen LogP contribution in [0.5, 0.6) is 17.2 Å². The van der Waals surface area contributed by atoms with Crippen LogP contribution in [0.2, 0.25) is 0 Å². The van der Waals surface area contributed by atoms with Gasteiger partial charge in [-0.25, -0.2) is 4.79 Å². The largest absolute Gasteiger partial charge is 0.504 e. The third-order valence-corrected chi connectivity index (χ3v) is 2.90. The number of carbonyl (C=O) groups excluding carboxylic acids is 2. The molecule has 0 bridgehead atoms. The van der Waals surface area contributed by atoms with E-state index in [9.17, 15) is 24.9 Å². The number of methoxy groups -OCH3 is 1. The highest BCUT2D eigenvalue weighted by atomic mass is 16.5. The van der Waals surface area contributed by atoms with Crippen LogP contribution in [-0.2, 0) is 4.74 Å². The zero-order valence-corrected chi connectivity index (χ0v) is 11.0. The summed E-state index contributed by atoms with van der Waals surface area (Å²) in [6, 6.07) is 7.81. The summed E-state index contributed by atoms with van der Waals surface area (Å²) >= 11 is 0. The maximum atomic E-state index is 12.2. The van der Waals surface area contributed by atoms with Crippen LogP contribution < -0.4 is 0 Å². The maximum absolute atomic E-state index is 12.2. The summed E-state index contributed by atoms with van der Waals surface area (Å²) in [7, 11) is 1.25. The Morgan fingerprint density at radius 3 is 1.81 bits per heavy atom. The van der Waals surface area contributed by atoms with E-state index < -0.39 is 29.0 Å². The molecule has 3 N–H and O–H groups in total. The molecule has 0 radical (unpaired) electrons. The Kier molecular flexibility index (Phi) is 3.80. The van der Waals surface area contributed by atoms with Crippen molar-refractivity contribution in [2.75, 3.05) is 7.11 Å². The molecule has 0 saturated heterocycles. The molecule has 0 fully saturated rings. The highest BCUT2D eigenvalue weighted by Crippen LogP contribution is 2.35. The maximum Gasteiger partial charge on any atom is 0.337 e. The minimum atomic E-state index is -0.687. The van der Waals surface area contributed by atoms with Crippen molar-refractivity contribution in [1.29, 1.82) is 0 Å². The van der Waals surface area contributed by atoms with Crippen LogP contribution in [-0.4, -0.2) is 34.2 Å². The van der Waals surface area contributed by atoms with Crippen LogP contribution >= 0.6 is 0 Å². The quantitative estimate of drug-likeness (QED) is 0.452. The number of aromatic hydroxyl groups is 3. The van der Waals surface area contributed by atoms with Crippen LogP contribution in [0.3, 0.4) is 0 Å². The Bertz CT molecular complexity index is 680. The van der Waals surface area contributed by atoms with E-state index in [2.05, 4.69) is 4.74 Å². The Balaban J connectivity index is 2.34. The smallest absolute Gasteiger partial charge is 0.337 e. The van der Waals surface area contributed by atoms with Crippen LogP contribution in [0.1, 0.15) is 26.3 Å². The van der Waals surface area contributed by atoms with Crippen molar-refractivity contribution in [3.05, 3.63) is 53.1 Å². The standard InChI is InChI=1S/C15H12O6/c1-21-15(20)9-4-2-8(3-5-9)13(18)10-6-11(16)14(19)12(17)7-10/h2-7,16-17,19H,1H3. The minimum absolute atomic E-state index is 0.00798. The summed E-state index contributed by atoms with van der Waals surface area (Å²) in [6.45, 7) is 0. The second kappa shape index (κ2) is 5.54. The van der Waals surface area contributed by atoms with Gasteiger partial charge in [-0.1, -0.05) is 12.1 Å². The van der Waals surface area contributed by atoms with Crippen LogP contribution in [0.15, 0.2) is 36.4 Å². The lowest BCUT2D eigenvalue weighted by molar-refractivity contribution is 0.0600. The van der Waals surface area contributed by atoms with Crippen molar-refractivity contribution in [2.24, 2.45) is 0 Å². The first-order chi connectivity index (χ1) is 9.93. The lowest BCUT2D eigenvalue weighted by Gasteiger charge is -2.06. The fourth-order valence-electron chi connectivity index (χ4n) is 1.78. The predicted octanol–water partition coefficient (Wildman–Crippen LogP) is 1.82. The molecule has 0 aliphatic heterocycles. The molecule has 0 aliphatic rings. The third kappa shape index (κ3) is 2.79. The highest BCUT2D eigenvalue weighted by Gasteiger charge is 2.15. The van der Waals surface area contributed by atoms with E-state index in [1.54, 1.807) is 0 Å². The number of benzene rings is 2. The van der Waals surface area contributed by atoms with Gasteiger partial charge in [0.05, 0.1) is 12.7 Å². The van der Waals surface area contributed by atoms with Gasteiger partial charge in [0.25, 0.3) is 0 Å². The van der Waals surface area contributed by atoms with Crippen molar-refractivity contribution >= 4 is 11.8 Å². The van der Waals surface area contributed by atoms with Gasteiger partial charge in [-0.15, -0.1) is 0 Å². The van der Waals surface area contributed by atoms with Crippen LogP contribution in [0, 0.1) is 0 Å². The molecule has 108 valence electrons. The van der Waals surface area contributed by atoms with Crippen molar-refractivity contribution in [1.82, 2.24) is 0 Å². The van der Waals surface area contributed by atoms with Crippen molar-refractivity contribution in [3.8, 4) is 17.2 Å². The Hall–Kier alpha value is -3.02. The summed E-state index contributed by atoms with van der Waals surface area (Å²) in [6.07, 6.45) is 0. The van der Waals surface area contributed by atoms with E-state index in [0.29, 0.717) is 5.56 Å². The van der Waals surface area contributed by atoms with Crippen molar-refractivity contribution in [3.63, 3.8) is 0 Å². The number of phenolic OH excluding ortho intramolecular Hbond substituents is 3. The lowest BCUT2D eigenvalue weighted by atomic mass is 10.0. The number of esters is 1. The van der Waals surface area contributed by atoms with E-state index in [1.165, 1.54) is 31.4 Å². The lowest BCUT2D eigenvalue weighted by Crippen LogP contribution is -2.04. The number of hydrogen-bond acceptors (Lipinski definition) is 6. The van der Waals surface area contributed by atoms with E-state index in [4.69, 9.17) is 0 Å². The Morgan fingerprint density at radius 2 is 1.33 bits per heavy atom. The Morgan fingerprint density at radius 1 is 0.857 bits per heavy atom. The second-order valence-electron chi connectivity index (χ2n) is 4.26. The zero-order chi connectivity index (χ0) is 15.6. The van der Waals surface area contributed by atoms with E-state index in [0.717, 1.165) is 12.1 Å². The van der Waals surface area contributed by atoms with Crippen LogP contribution in [0.4, 0.5) is 0 Å². The molecule has 2 aromatic carbocycles. The van der Waals surface area contributed by atoms with Gasteiger partial charge in [0.15, 0.2) is 23.0 Å². The number of ketones is 1. The van der Waals surface area contributed by atoms with Crippen LogP contribution in [0.25, 0.3) is 0 Å². The van der Waals surface area contributed by atoms with Gasteiger partial charge in [0, 0.05) is 11.1 Å².